The van der Waals surface area contributed by atoms with Crippen molar-refractivity contribution in [3.8, 4) is 0 Å². The van der Waals surface area contributed by atoms with E-state index >= 15 is 0 Å². The Labute approximate surface area is 87.0 Å². The second-order valence-electron chi connectivity index (χ2n) is 3.50. The van der Waals surface area contributed by atoms with E-state index in [1.54, 1.807) is 12.1 Å². The lowest BCUT2D eigenvalue weighted by Gasteiger charge is -2.20. The zero-order valence-corrected chi connectivity index (χ0v) is 8.76. The fourth-order valence-corrected chi connectivity index (χ4v) is 1.70. The minimum absolute atomic E-state index is 0.312. The molecule has 0 bridgehead atoms. The minimum Gasteiger partial charge on any atom is -0.449 e. The third-order valence-electron chi connectivity index (χ3n) is 2.57. The molecule has 0 N–H and O–H groups in total. The number of rotatable bonds is 1. The van der Waals surface area contributed by atoms with Gasteiger partial charge in [-0.1, -0.05) is 18.5 Å². The summed E-state index contributed by atoms with van der Waals surface area (Å²) in [5, 5.41) is 0.390. The van der Waals surface area contributed by atoms with Crippen molar-refractivity contribution in [1.82, 2.24) is 4.98 Å². The number of esters is 1. The van der Waals surface area contributed by atoms with Crippen molar-refractivity contribution in [1.29, 1.82) is 0 Å². The molecule has 0 saturated heterocycles. The predicted octanol–water partition coefficient (Wildman–Crippen LogP) is 2.53. The van der Waals surface area contributed by atoms with Gasteiger partial charge in [0.15, 0.2) is 5.60 Å². The molecule has 1 aromatic heterocycles. The molecule has 2 rings (SSSR count). The largest absolute Gasteiger partial charge is 0.449 e. The molecule has 1 aliphatic rings. The highest BCUT2D eigenvalue weighted by molar-refractivity contribution is 6.29. The molecule has 0 aliphatic carbocycles. The summed E-state index contributed by atoms with van der Waals surface area (Å²) in [6, 6.07) is 3.26. The summed E-state index contributed by atoms with van der Waals surface area (Å²) in [6.07, 6.45) is 0.694. The third-order valence-corrected chi connectivity index (χ3v) is 2.79. The van der Waals surface area contributed by atoms with Crippen molar-refractivity contribution in [2.24, 2.45) is 0 Å². The van der Waals surface area contributed by atoms with Gasteiger partial charge < -0.3 is 4.74 Å². The highest BCUT2D eigenvalue weighted by atomic mass is 35.5. The Morgan fingerprint density at radius 3 is 2.93 bits per heavy atom. The fourth-order valence-electron chi connectivity index (χ4n) is 1.55. The van der Waals surface area contributed by atoms with Gasteiger partial charge in [-0.05, 0) is 25.5 Å². The Bertz CT molecular complexity index is 405. The summed E-state index contributed by atoms with van der Waals surface area (Å²) >= 11 is 5.78. The molecule has 0 unspecified atom stereocenters. The number of carbonyl (C=O) groups excluding carboxylic acids is 1. The molecule has 2 heterocycles. The molecule has 0 saturated carbocycles. The first-order chi connectivity index (χ1) is 6.57. The van der Waals surface area contributed by atoms with Gasteiger partial charge in [-0.15, -0.1) is 0 Å². The molecule has 0 spiro atoms. The second kappa shape index (κ2) is 2.95. The molecule has 0 amide bonds. The Hall–Kier alpha value is -1.09. The number of hydrogen-bond acceptors (Lipinski definition) is 3. The van der Waals surface area contributed by atoms with Crippen molar-refractivity contribution < 1.29 is 9.53 Å². The van der Waals surface area contributed by atoms with E-state index < -0.39 is 5.60 Å². The highest BCUT2D eigenvalue weighted by Gasteiger charge is 2.41. The maximum absolute atomic E-state index is 11.4. The van der Waals surface area contributed by atoms with Crippen LogP contribution in [0.1, 0.15) is 36.3 Å². The molecular formula is C10H10ClNO2. The van der Waals surface area contributed by atoms with Crippen LogP contribution in [0, 0.1) is 0 Å². The summed E-state index contributed by atoms with van der Waals surface area (Å²) in [4.78, 5) is 15.6. The molecule has 14 heavy (non-hydrogen) atoms. The molecule has 74 valence electrons. The molecule has 3 nitrogen and oxygen atoms in total. The number of aromatic nitrogens is 1. The zero-order valence-electron chi connectivity index (χ0n) is 8.00. The Morgan fingerprint density at radius 1 is 1.57 bits per heavy atom. The van der Waals surface area contributed by atoms with Crippen LogP contribution in [0.5, 0.6) is 0 Å². The summed E-state index contributed by atoms with van der Waals surface area (Å²) in [5.41, 5.74) is 0.563. The number of pyridine rings is 1. The van der Waals surface area contributed by atoms with Gasteiger partial charge in [0.1, 0.15) is 10.8 Å². The average Bonchev–Trinajstić information content (AvgIpc) is 2.40. The lowest BCUT2D eigenvalue weighted by molar-refractivity contribution is -0.00223. The normalized spacial score (nSPS) is 24.6. The van der Waals surface area contributed by atoms with Gasteiger partial charge in [-0.3, -0.25) is 0 Å². The van der Waals surface area contributed by atoms with Crippen LogP contribution in [-0.4, -0.2) is 11.0 Å². The smallest absolute Gasteiger partial charge is 0.341 e. The van der Waals surface area contributed by atoms with E-state index in [-0.39, 0.29) is 5.97 Å². The van der Waals surface area contributed by atoms with E-state index in [1.807, 2.05) is 13.8 Å². The fraction of sp³-hybridized carbons (Fsp3) is 0.400. The minimum atomic E-state index is -0.614. The molecule has 4 heteroatoms. The van der Waals surface area contributed by atoms with Crippen molar-refractivity contribution >= 4 is 17.6 Å². The van der Waals surface area contributed by atoms with E-state index in [9.17, 15) is 4.79 Å². The van der Waals surface area contributed by atoms with Gasteiger partial charge in [-0.2, -0.15) is 0 Å². The monoisotopic (exact) mass is 211 g/mol. The third kappa shape index (κ3) is 1.20. The molecule has 1 aromatic rings. The average molecular weight is 212 g/mol. The second-order valence-corrected chi connectivity index (χ2v) is 3.89. The maximum Gasteiger partial charge on any atom is 0.341 e. The number of halogens is 1. The van der Waals surface area contributed by atoms with Gasteiger partial charge in [0.25, 0.3) is 0 Å². The van der Waals surface area contributed by atoms with E-state index in [1.165, 1.54) is 0 Å². The summed E-state index contributed by atoms with van der Waals surface area (Å²) in [5.74, 6) is -0.312. The molecule has 0 fully saturated rings. The molecule has 0 aromatic carbocycles. The van der Waals surface area contributed by atoms with Crippen molar-refractivity contribution in [3.05, 3.63) is 28.5 Å². The Balaban J connectivity index is 2.62. The first kappa shape index (κ1) is 9.46. The maximum atomic E-state index is 11.4. The highest BCUT2D eigenvalue weighted by Crippen LogP contribution is 2.37. The van der Waals surface area contributed by atoms with E-state index in [2.05, 4.69) is 4.98 Å². The van der Waals surface area contributed by atoms with Crippen LogP contribution < -0.4 is 0 Å². The van der Waals surface area contributed by atoms with Crippen LogP contribution in [0.15, 0.2) is 12.1 Å². The number of carbonyl (C=O) groups is 1. The van der Waals surface area contributed by atoms with Crippen LogP contribution in [0.2, 0.25) is 5.15 Å². The van der Waals surface area contributed by atoms with Crippen molar-refractivity contribution in [3.63, 3.8) is 0 Å². The lowest BCUT2D eigenvalue weighted by atomic mass is 9.97. The topological polar surface area (TPSA) is 39.2 Å². The molecule has 1 atom stereocenters. The Kier molecular flexibility index (Phi) is 2.00. The summed E-state index contributed by atoms with van der Waals surface area (Å²) in [7, 11) is 0. The Morgan fingerprint density at radius 2 is 2.29 bits per heavy atom. The van der Waals surface area contributed by atoms with E-state index in [0.717, 1.165) is 0 Å². The van der Waals surface area contributed by atoms with Crippen LogP contribution in [-0.2, 0) is 10.3 Å². The SMILES string of the molecule is CC[C@]1(C)OC(=O)c2ccc(Cl)nc21. The number of fused-ring (bicyclic) bond motifs is 1. The van der Waals surface area contributed by atoms with Crippen LogP contribution in [0.25, 0.3) is 0 Å². The van der Waals surface area contributed by atoms with Gasteiger partial charge >= 0.3 is 5.97 Å². The van der Waals surface area contributed by atoms with Gasteiger partial charge in [0.05, 0.1) is 5.56 Å². The summed E-state index contributed by atoms with van der Waals surface area (Å²) in [6.45, 7) is 3.80. The van der Waals surface area contributed by atoms with Crippen LogP contribution in [0.4, 0.5) is 0 Å². The van der Waals surface area contributed by atoms with E-state index in [0.29, 0.717) is 22.8 Å². The van der Waals surface area contributed by atoms with E-state index in [4.69, 9.17) is 16.3 Å². The van der Waals surface area contributed by atoms with Crippen molar-refractivity contribution in [2.75, 3.05) is 0 Å². The van der Waals surface area contributed by atoms with Crippen molar-refractivity contribution in [2.45, 2.75) is 25.9 Å². The van der Waals surface area contributed by atoms with Gasteiger partial charge in [0, 0.05) is 0 Å². The quantitative estimate of drug-likeness (QED) is 0.529. The van der Waals surface area contributed by atoms with Crippen LogP contribution >= 0.6 is 11.6 Å². The number of cyclic esters (lactones) is 1. The predicted molar refractivity (Wildman–Crippen MR) is 52.3 cm³/mol. The summed E-state index contributed by atoms with van der Waals surface area (Å²) < 4.78 is 5.26. The molecule has 0 radical (unpaired) electrons. The number of hydrogen-bond donors (Lipinski definition) is 0. The number of ether oxygens (including phenoxy) is 1. The van der Waals surface area contributed by atoms with Gasteiger partial charge in [0.2, 0.25) is 0 Å². The first-order valence-corrected chi connectivity index (χ1v) is 4.85. The number of nitrogens with zero attached hydrogens (tertiary/aromatic N) is 1. The zero-order chi connectivity index (χ0) is 10.3. The molecular weight excluding hydrogens is 202 g/mol. The first-order valence-electron chi connectivity index (χ1n) is 4.47. The lowest BCUT2D eigenvalue weighted by Crippen LogP contribution is -2.21. The standard InChI is InChI=1S/C10H10ClNO2/c1-3-10(2)8-6(9(13)14-10)4-5-7(11)12-8/h4-5H,3H2,1-2H3/t10-/m0/s1. The van der Waals surface area contributed by atoms with Gasteiger partial charge in [-0.25, -0.2) is 9.78 Å². The van der Waals surface area contributed by atoms with Crippen LogP contribution in [0.3, 0.4) is 0 Å². The molecule has 1 aliphatic heterocycles.